The van der Waals surface area contributed by atoms with Crippen LogP contribution in [0.1, 0.15) is 71.4 Å². The minimum Gasteiger partial charge on any atom is -0.485 e. The van der Waals surface area contributed by atoms with E-state index in [0.717, 1.165) is 42.6 Å². The van der Waals surface area contributed by atoms with Crippen molar-refractivity contribution in [1.29, 1.82) is 0 Å². The first-order valence-corrected chi connectivity index (χ1v) is 19.6. The Hall–Kier alpha value is -5.72. The number of nitro benzene ring substituents is 1. The standard InChI is InChI=1S/C45H47FN3O8/c1-29-36(42(47-41(29)39(30(2)50)45(47)53)43(52)33-17-19-34(20-18-33)48(54)55)26-49(23-9-10-24-49)25-11-16-37(51)35-21-22-38(56-27-31-12-5-3-6-13-31)44(40(35)46)57-28-32-14-7-4-8-15-32/h3-8,12-15,17-22,29-30,39,41,50H,9-11,16,23-28H2,1-2H3/q+1/t29-,30+,39+,41+/m0/s1. The molecular weight excluding hydrogens is 730 g/mol. The van der Waals surface area contributed by atoms with Crippen molar-refractivity contribution in [3.63, 3.8) is 0 Å². The van der Waals surface area contributed by atoms with Gasteiger partial charge >= 0.3 is 0 Å². The smallest absolute Gasteiger partial charge is 0.269 e. The number of nitrogens with zero attached hydrogens (tertiary/aromatic N) is 3. The number of rotatable bonds is 17. The molecule has 3 aliphatic rings. The molecule has 1 amide bonds. The number of benzene rings is 4. The number of carbonyl (C=O) groups excluding carboxylic acids is 3. The first kappa shape index (κ1) is 39.5. The van der Waals surface area contributed by atoms with Crippen molar-refractivity contribution in [1.82, 2.24) is 4.90 Å². The fourth-order valence-electron chi connectivity index (χ4n) is 8.74. The van der Waals surface area contributed by atoms with Gasteiger partial charge in [-0.05, 0) is 42.3 Å². The third-order valence-electron chi connectivity index (χ3n) is 11.8. The number of nitro groups is 1. The number of hydrogen-bond acceptors (Lipinski definition) is 8. The van der Waals surface area contributed by atoms with Gasteiger partial charge in [0, 0.05) is 54.9 Å². The minimum atomic E-state index is -0.897. The number of ether oxygens (including phenoxy) is 2. The van der Waals surface area contributed by atoms with Gasteiger partial charge in [-0.2, -0.15) is 0 Å². The lowest BCUT2D eigenvalue weighted by Gasteiger charge is -2.46. The summed E-state index contributed by atoms with van der Waals surface area (Å²) < 4.78 is 28.9. The molecule has 4 aromatic rings. The van der Waals surface area contributed by atoms with Crippen molar-refractivity contribution < 1.29 is 42.8 Å². The Balaban J connectivity index is 1.10. The molecule has 3 heterocycles. The van der Waals surface area contributed by atoms with Crippen LogP contribution in [-0.2, 0) is 18.0 Å². The molecule has 0 aromatic heterocycles. The molecule has 4 atom stereocenters. The highest BCUT2D eigenvalue weighted by Crippen LogP contribution is 2.49. The Morgan fingerprint density at radius 1 is 0.930 bits per heavy atom. The lowest BCUT2D eigenvalue weighted by Crippen LogP contribution is -2.63. The molecule has 2 saturated heterocycles. The van der Waals surface area contributed by atoms with E-state index in [1.165, 1.54) is 35.2 Å². The summed E-state index contributed by atoms with van der Waals surface area (Å²) in [5.74, 6) is -2.62. The number of amides is 1. The van der Waals surface area contributed by atoms with E-state index in [2.05, 4.69) is 0 Å². The Bertz CT molecular complexity index is 2170. The van der Waals surface area contributed by atoms with Gasteiger partial charge in [-0.25, -0.2) is 4.39 Å². The highest BCUT2D eigenvalue weighted by Gasteiger charge is 2.60. The maximum atomic E-state index is 16.3. The quantitative estimate of drug-likeness (QED) is 0.0384. The average molecular weight is 777 g/mol. The van der Waals surface area contributed by atoms with Crippen LogP contribution in [0, 0.1) is 27.8 Å². The van der Waals surface area contributed by atoms with Crippen LogP contribution in [0.15, 0.2) is 108 Å². The predicted molar refractivity (Wildman–Crippen MR) is 210 cm³/mol. The SMILES string of the molecule is C[C@@H](O)[C@H]1C(=O)N2C(C(=O)c3ccc([N+](=O)[O-])cc3)=C(C[N+]3(CCCC(=O)c4ccc(OCc5ccccc5)c(OCc5ccccc5)c4F)CCCC3)[C@H](C)[C@H]12. The normalized spacial score (nSPS) is 20.2. The summed E-state index contributed by atoms with van der Waals surface area (Å²) in [4.78, 5) is 53.6. The summed E-state index contributed by atoms with van der Waals surface area (Å²) in [5, 5.41) is 21.8. The van der Waals surface area contributed by atoms with Crippen molar-refractivity contribution in [2.45, 2.75) is 64.9 Å². The summed E-state index contributed by atoms with van der Waals surface area (Å²) in [6.45, 7) is 6.52. The van der Waals surface area contributed by atoms with Gasteiger partial charge < -0.3 is 24.0 Å². The van der Waals surface area contributed by atoms with Crippen LogP contribution in [0.5, 0.6) is 11.5 Å². The molecule has 0 radical (unpaired) electrons. The molecule has 2 fully saturated rings. The lowest BCUT2D eigenvalue weighted by atomic mass is 9.77. The maximum Gasteiger partial charge on any atom is 0.269 e. The number of likely N-dealkylation sites (tertiary alicyclic amines) is 1. The molecule has 1 N–H and O–H groups in total. The molecule has 0 bridgehead atoms. The summed E-state index contributed by atoms with van der Waals surface area (Å²) in [5.41, 5.74) is 2.84. The Morgan fingerprint density at radius 2 is 1.54 bits per heavy atom. The van der Waals surface area contributed by atoms with Crippen LogP contribution >= 0.6 is 0 Å². The zero-order valence-electron chi connectivity index (χ0n) is 32.1. The zero-order chi connectivity index (χ0) is 40.3. The second-order valence-corrected chi connectivity index (χ2v) is 15.5. The molecule has 296 valence electrons. The number of aliphatic hydroxyl groups is 1. The van der Waals surface area contributed by atoms with E-state index in [9.17, 15) is 29.6 Å². The predicted octanol–water partition coefficient (Wildman–Crippen LogP) is 7.46. The van der Waals surface area contributed by atoms with Crippen LogP contribution in [0.4, 0.5) is 10.1 Å². The molecule has 4 aromatic carbocycles. The van der Waals surface area contributed by atoms with E-state index in [-0.39, 0.29) is 77.3 Å². The Morgan fingerprint density at radius 3 is 2.14 bits per heavy atom. The second-order valence-electron chi connectivity index (χ2n) is 15.5. The maximum absolute atomic E-state index is 16.3. The van der Waals surface area contributed by atoms with E-state index in [1.807, 2.05) is 67.6 Å². The molecule has 7 rings (SSSR count). The third-order valence-corrected chi connectivity index (χ3v) is 11.8. The minimum absolute atomic E-state index is 0.0757. The van der Waals surface area contributed by atoms with E-state index < -0.39 is 28.5 Å². The van der Waals surface area contributed by atoms with Gasteiger partial charge in [0.15, 0.2) is 23.1 Å². The van der Waals surface area contributed by atoms with Crippen molar-refractivity contribution in [2.24, 2.45) is 11.8 Å². The van der Waals surface area contributed by atoms with E-state index >= 15 is 4.39 Å². The number of carbonyl (C=O) groups is 3. The van der Waals surface area contributed by atoms with Gasteiger partial charge in [0.2, 0.25) is 11.7 Å². The molecule has 3 aliphatic heterocycles. The molecule has 0 unspecified atom stereocenters. The fourth-order valence-corrected chi connectivity index (χ4v) is 8.74. The number of hydrogen-bond donors (Lipinski definition) is 1. The number of ketones is 2. The van der Waals surface area contributed by atoms with Crippen LogP contribution in [0.2, 0.25) is 0 Å². The number of non-ortho nitro benzene ring substituents is 1. The van der Waals surface area contributed by atoms with Gasteiger partial charge in [-0.3, -0.25) is 24.5 Å². The first-order valence-electron chi connectivity index (χ1n) is 19.6. The highest BCUT2D eigenvalue weighted by atomic mass is 19.1. The average Bonchev–Trinajstić information content (AvgIpc) is 3.77. The molecule has 12 heteroatoms. The molecule has 0 aliphatic carbocycles. The van der Waals surface area contributed by atoms with E-state index in [1.54, 1.807) is 13.0 Å². The molecular formula is C45H47FN3O8+. The van der Waals surface area contributed by atoms with Gasteiger partial charge in [-0.1, -0.05) is 67.6 Å². The number of halogens is 1. The molecule has 0 spiro atoms. The topological polar surface area (TPSA) is 136 Å². The number of allylic oxidation sites excluding steroid dienone is 1. The van der Waals surface area contributed by atoms with Crippen molar-refractivity contribution >= 4 is 23.2 Å². The Kier molecular flexibility index (Phi) is 11.6. The van der Waals surface area contributed by atoms with Crippen LogP contribution in [-0.4, -0.2) is 75.2 Å². The summed E-state index contributed by atoms with van der Waals surface area (Å²) >= 11 is 0. The van der Waals surface area contributed by atoms with Crippen molar-refractivity contribution in [3.8, 4) is 11.5 Å². The number of Topliss-reactive ketones (excluding diaryl/α,β-unsaturated/α-hetero) is 2. The molecule has 0 saturated carbocycles. The van der Waals surface area contributed by atoms with Gasteiger partial charge in [0.1, 0.15) is 19.8 Å². The number of fused-ring (bicyclic) bond motifs is 1. The number of aliphatic hydroxyl groups excluding tert-OH is 1. The van der Waals surface area contributed by atoms with E-state index in [0.29, 0.717) is 24.0 Å². The van der Waals surface area contributed by atoms with Crippen molar-refractivity contribution in [3.05, 3.63) is 147 Å². The zero-order valence-corrected chi connectivity index (χ0v) is 32.1. The Labute approximate surface area is 331 Å². The first-order chi connectivity index (χ1) is 27.5. The molecule has 57 heavy (non-hydrogen) atoms. The van der Waals surface area contributed by atoms with Gasteiger partial charge in [-0.15, -0.1) is 0 Å². The van der Waals surface area contributed by atoms with E-state index in [4.69, 9.17) is 9.47 Å². The lowest BCUT2D eigenvalue weighted by molar-refractivity contribution is -0.912. The summed E-state index contributed by atoms with van der Waals surface area (Å²) in [6.07, 6.45) is 1.54. The number of β-lactam (4-membered cyclic amide) rings is 1. The highest BCUT2D eigenvalue weighted by molar-refractivity contribution is 6.13. The van der Waals surface area contributed by atoms with Gasteiger partial charge in [0.25, 0.3) is 5.69 Å². The van der Waals surface area contributed by atoms with Crippen LogP contribution in [0.25, 0.3) is 0 Å². The van der Waals surface area contributed by atoms with Crippen LogP contribution in [0.3, 0.4) is 0 Å². The second kappa shape index (κ2) is 16.8. The third kappa shape index (κ3) is 8.10. The van der Waals surface area contributed by atoms with Crippen molar-refractivity contribution in [2.75, 3.05) is 26.2 Å². The summed E-state index contributed by atoms with van der Waals surface area (Å²) in [6, 6.07) is 26.9. The number of quaternary nitrogens is 1. The summed E-state index contributed by atoms with van der Waals surface area (Å²) in [7, 11) is 0. The largest absolute Gasteiger partial charge is 0.485 e. The fraction of sp³-hybridized carbons (Fsp3) is 0.356. The molecule has 11 nitrogen and oxygen atoms in total. The monoisotopic (exact) mass is 776 g/mol. The van der Waals surface area contributed by atoms with Crippen LogP contribution < -0.4 is 9.47 Å². The van der Waals surface area contributed by atoms with Gasteiger partial charge in [0.05, 0.1) is 53.9 Å².